The molecule has 0 bridgehead atoms. The summed E-state index contributed by atoms with van der Waals surface area (Å²) in [6, 6.07) is 9.88. The molecule has 0 spiro atoms. The van der Waals surface area contributed by atoms with Gasteiger partial charge in [-0.2, -0.15) is 9.50 Å². The predicted octanol–water partition coefficient (Wildman–Crippen LogP) is 2.85. The minimum atomic E-state index is -0.408. The topological polar surface area (TPSA) is 103 Å². The molecule has 0 aliphatic rings. The first-order chi connectivity index (χ1) is 13.5. The molecular formula is C19H13N7OS. The van der Waals surface area contributed by atoms with Crippen molar-refractivity contribution in [1.82, 2.24) is 29.0 Å². The lowest BCUT2D eigenvalue weighted by atomic mass is 10.2. The fourth-order valence-corrected chi connectivity index (χ4v) is 4.84. The number of nitrogens with two attached hydrogens (primary N) is 1. The van der Waals surface area contributed by atoms with Crippen LogP contribution in [0.2, 0.25) is 0 Å². The van der Waals surface area contributed by atoms with Gasteiger partial charge >= 0.3 is 0 Å². The van der Waals surface area contributed by atoms with Crippen LogP contribution in [-0.2, 0) is 0 Å². The molecule has 0 fully saturated rings. The summed E-state index contributed by atoms with van der Waals surface area (Å²) in [6.07, 6.45) is 0. The van der Waals surface area contributed by atoms with Gasteiger partial charge in [-0.05, 0) is 37.6 Å². The number of fused-ring (bicyclic) bond motifs is 8. The molecule has 0 amide bonds. The number of thiazole rings is 1. The van der Waals surface area contributed by atoms with Gasteiger partial charge in [-0.25, -0.2) is 9.97 Å². The second kappa shape index (κ2) is 5.02. The summed E-state index contributed by atoms with van der Waals surface area (Å²) in [5, 5.41) is 5.59. The molecule has 0 aliphatic carbocycles. The average molecular weight is 387 g/mol. The van der Waals surface area contributed by atoms with Crippen molar-refractivity contribution < 1.29 is 0 Å². The molecule has 136 valence electrons. The van der Waals surface area contributed by atoms with Crippen LogP contribution in [0.1, 0.15) is 11.3 Å². The van der Waals surface area contributed by atoms with Gasteiger partial charge in [0.15, 0.2) is 21.9 Å². The number of nitrogen functional groups attached to an aromatic ring is 1. The van der Waals surface area contributed by atoms with Crippen LogP contribution in [0.3, 0.4) is 0 Å². The molecule has 6 aromatic rings. The molecule has 1 aromatic carbocycles. The maximum absolute atomic E-state index is 12.8. The zero-order chi connectivity index (χ0) is 19.2. The van der Waals surface area contributed by atoms with Gasteiger partial charge in [0, 0.05) is 5.69 Å². The van der Waals surface area contributed by atoms with Crippen molar-refractivity contribution in [2.45, 2.75) is 13.8 Å². The molecule has 0 unspecified atom stereocenters. The Balaban J connectivity index is 1.96. The lowest BCUT2D eigenvalue weighted by molar-refractivity contribution is 0.963. The third kappa shape index (κ3) is 1.81. The van der Waals surface area contributed by atoms with Crippen LogP contribution >= 0.6 is 11.3 Å². The van der Waals surface area contributed by atoms with Crippen molar-refractivity contribution >= 4 is 60.0 Å². The summed E-state index contributed by atoms with van der Waals surface area (Å²) < 4.78 is 4.41. The van der Waals surface area contributed by atoms with Crippen molar-refractivity contribution in [3.05, 3.63) is 51.9 Å². The SMILES string of the molecule is Cc1cc(C)c2c(n1)nn1c(N)c3c(=O)nc4sc5ccccc5n4c3nc21. The Morgan fingerprint density at radius 1 is 1.04 bits per heavy atom. The number of nitrogens with zero attached hydrogens (tertiary/aromatic N) is 6. The fraction of sp³-hybridized carbons (Fsp3) is 0.105. The Morgan fingerprint density at radius 3 is 2.71 bits per heavy atom. The first-order valence-corrected chi connectivity index (χ1v) is 9.51. The van der Waals surface area contributed by atoms with E-state index in [0.29, 0.717) is 21.9 Å². The van der Waals surface area contributed by atoms with Gasteiger partial charge < -0.3 is 5.73 Å². The van der Waals surface area contributed by atoms with E-state index in [1.807, 2.05) is 48.6 Å². The Morgan fingerprint density at radius 2 is 1.86 bits per heavy atom. The van der Waals surface area contributed by atoms with Gasteiger partial charge in [-0.1, -0.05) is 23.5 Å². The van der Waals surface area contributed by atoms with Crippen molar-refractivity contribution in [3.8, 4) is 0 Å². The molecule has 28 heavy (non-hydrogen) atoms. The minimum Gasteiger partial charge on any atom is -0.383 e. The molecule has 5 heterocycles. The van der Waals surface area contributed by atoms with Crippen molar-refractivity contribution in [1.29, 1.82) is 0 Å². The third-order valence-corrected chi connectivity index (χ3v) is 6.01. The van der Waals surface area contributed by atoms with E-state index < -0.39 is 5.56 Å². The number of aryl methyl sites for hydroxylation is 2. The molecule has 0 saturated heterocycles. The van der Waals surface area contributed by atoms with Crippen molar-refractivity contribution in [2.24, 2.45) is 0 Å². The minimum absolute atomic E-state index is 0.220. The van der Waals surface area contributed by atoms with Crippen LogP contribution in [0, 0.1) is 13.8 Å². The fourth-order valence-electron chi connectivity index (χ4n) is 3.82. The monoisotopic (exact) mass is 387 g/mol. The van der Waals surface area contributed by atoms with Crippen LogP contribution in [0.15, 0.2) is 35.1 Å². The van der Waals surface area contributed by atoms with E-state index in [1.165, 1.54) is 15.9 Å². The zero-order valence-electron chi connectivity index (χ0n) is 15.0. The van der Waals surface area contributed by atoms with E-state index in [-0.39, 0.29) is 11.2 Å². The molecule has 2 N–H and O–H groups in total. The lowest BCUT2D eigenvalue weighted by Crippen LogP contribution is -2.15. The first-order valence-electron chi connectivity index (χ1n) is 8.69. The summed E-state index contributed by atoms with van der Waals surface area (Å²) >= 11 is 1.45. The quantitative estimate of drug-likeness (QED) is 0.430. The number of anilines is 1. The van der Waals surface area contributed by atoms with Gasteiger partial charge in [-0.15, -0.1) is 5.10 Å². The van der Waals surface area contributed by atoms with E-state index in [9.17, 15) is 4.79 Å². The zero-order valence-corrected chi connectivity index (χ0v) is 15.8. The lowest BCUT2D eigenvalue weighted by Gasteiger charge is -2.06. The Labute approximate surface area is 160 Å². The number of aromatic nitrogens is 6. The summed E-state index contributed by atoms with van der Waals surface area (Å²) in [6.45, 7) is 3.91. The Bertz CT molecular complexity index is 1680. The molecular weight excluding hydrogens is 374 g/mol. The number of benzene rings is 1. The van der Waals surface area contributed by atoms with Crippen LogP contribution in [-0.4, -0.2) is 29.0 Å². The standard InChI is InChI=1S/C19H13N7OS/c1-8-7-9(2)21-15-12(8)17-22-16-13(14(20)26(17)24-15)18(27)23-19-25(16)10-5-3-4-6-11(10)28-19/h3-7H,20H2,1-2H3. The molecule has 0 radical (unpaired) electrons. The highest BCUT2D eigenvalue weighted by atomic mass is 32.1. The molecule has 0 saturated carbocycles. The second-order valence-corrected chi connectivity index (χ2v) is 7.82. The van der Waals surface area contributed by atoms with Gasteiger partial charge in [0.1, 0.15) is 11.2 Å². The van der Waals surface area contributed by atoms with E-state index in [0.717, 1.165) is 26.9 Å². The number of hydrogen-bond donors (Lipinski definition) is 1. The van der Waals surface area contributed by atoms with Gasteiger partial charge in [-0.3, -0.25) is 9.20 Å². The van der Waals surface area contributed by atoms with Crippen LogP contribution in [0.4, 0.5) is 5.82 Å². The molecule has 6 rings (SSSR count). The van der Waals surface area contributed by atoms with E-state index in [2.05, 4.69) is 15.1 Å². The predicted molar refractivity (Wildman–Crippen MR) is 110 cm³/mol. The van der Waals surface area contributed by atoms with E-state index in [4.69, 9.17) is 10.7 Å². The summed E-state index contributed by atoms with van der Waals surface area (Å²) in [5.41, 5.74) is 10.4. The highest BCUT2D eigenvalue weighted by molar-refractivity contribution is 7.23. The van der Waals surface area contributed by atoms with Gasteiger partial charge in [0.2, 0.25) is 0 Å². The average Bonchev–Trinajstić information content (AvgIpc) is 3.19. The van der Waals surface area contributed by atoms with Crippen molar-refractivity contribution in [3.63, 3.8) is 0 Å². The summed E-state index contributed by atoms with van der Waals surface area (Å²) in [7, 11) is 0. The summed E-state index contributed by atoms with van der Waals surface area (Å²) in [5.74, 6) is 0.220. The van der Waals surface area contributed by atoms with Gasteiger partial charge in [0.05, 0.1) is 15.6 Å². The summed E-state index contributed by atoms with van der Waals surface area (Å²) in [4.78, 5) is 26.9. The highest BCUT2D eigenvalue weighted by Gasteiger charge is 2.20. The largest absolute Gasteiger partial charge is 0.383 e. The van der Waals surface area contributed by atoms with E-state index in [1.54, 1.807) is 0 Å². The first kappa shape index (κ1) is 15.5. The maximum Gasteiger partial charge on any atom is 0.287 e. The third-order valence-electron chi connectivity index (χ3n) is 4.99. The van der Waals surface area contributed by atoms with Crippen LogP contribution in [0.25, 0.3) is 42.9 Å². The normalized spacial score (nSPS) is 12.2. The second-order valence-electron chi connectivity index (χ2n) is 6.81. The maximum atomic E-state index is 12.8. The highest BCUT2D eigenvalue weighted by Crippen LogP contribution is 2.30. The van der Waals surface area contributed by atoms with Gasteiger partial charge in [0.25, 0.3) is 5.56 Å². The molecule has 0 atom stereocenters. The Hall–Kier alpha value is -3.59. The number of hydrogen-bond acceptors (Lipinski definition) is 7. The van der Waals surface area contributed by atoms with Crippen molar-refractivity contribution in [2.75, 3.05) is 5.73 Å². The smallest absolute Gasteiger partial charge is 0.287 e. The molecule has 9 heteroatoms. The van der Waals surface area contributed by atoms with Crippen LogP contribution in [0.5, 0.6) is 0 Å². The number of pyridine rings is 1. The van der Waals surface area contributed by atoms with E-state index >= 15 is 0 Å². The Kier molecular flexibility index (Phi) is 2.77. The number of rotatable bonds is 0. The molecule has 0 aliphatic heterocycles. The van der Waals surface area contributed by atoms with Crippen LogP contribution < -0.4 is 11.3 Å². The molecule has 5 aromatic heterocycles. The molecule has 8 nitrogen and oxygen atoms in total. The number of para-hydroxylation sites is 1.